The molecule has 1 aliphatic rings. The summed E-state index contributed by atoms with van der Waals surface area (Å²) in [5.74, 6) is -0.287. The smallest absolute Gasteiger partial charge is 0.150 e. The van der Waals surface area contributed by atoms with E-state index in [2.05, 4.69) is 28.8 Å². The third kappa shape index (κ3) is 2.08. The van der Waals surface area contributed by atoms with Crippen molar-refractivity contribution in [3.05, 3.63) is 30.2 Å². The second-order valence-corrected chi connectivity index (χ2v) is 5.50. The first-order chi connectivity index (χ1) is 9.58. The molecule has 1 aromatic carbocycles. The minimum absolute atomic E-state index is 0.247. The van der Waals surface area contributed by atoms with Crippen LogP contribution >= 0.6 is 0 Å². The molecule has 0 spiro atoms. The Labute approximate surface area is 118 Å². The van der Waals surface area contributed by atoms with E-state index >= 15 is 0 Å². The lowest BCUT2D eigenvalue weighted by Crippen LogP contribution is -2.51. The molecule has 2 N–H and O–H groups in total. The van der Waals surface area contributed by atoms with Crippen molar-refractivity contribution in [1.29, 1.82) is 0 Å². The predicted molar refractivity (Wildman–Crippen MR) is 80.4 cm³/mol. The molecule has 0 bridgehead atoms. The molecule has 1 unspecified atom stereocenters. The number of anilines is 2. The molecule has 0 aliphatic carbocycles. The van der Waals surface area contributed by atoms with Gasteiger partial charge in [0.2, 0.25) is 0 Å². The van der Waals surface area contributed by atoms with Gasteiger partial charge in [0, 0.05) is 42.9 Å². The van der Waals surface area contributed by atoms with E-state index in [1.807, 2.05) is 12.1 Å². The van der Waals surface area contributed by atoms with Gasteiger partial charge in [-0.25, -0.2) is 4.39 Å². The molecule has 1 aliphatic heterocycles. The number of nitrogens with zero attached hydrogens (tertiary/aromatic N) is 3. The molecule has 1 atom stereocenters. The van der Waals surface area contributed by atoms with Gasteiger partial charge in [0.25, 0.3) is 0 Å². The van der Waals surface area contributed by atoms with Crippen molar-refractivity contribution in [2.75, 3.05) is 37.3 Å². The van der Waals surface area contributed by atoms with Gasteiger partial charge in [-0.3, -0.25) is 4.98 Å². The fourth-order valence-corrected chi connectivity index (χ4v) is 2.97. The molecule has 0 radical (unpaired) electrons. The summed E-state index contributed by atoms with van der Waals surface area (Å²) in [6.45, 7) is 4.74. The van der Waals surface area contributed by atoms with E-state index in [1.54, 1.807) is 6.20 Å². The molecule has 1 aromatic heterocycles. The van der Waals surface area contributed by atoms with Crippen LogP contribution < -0.4 is 10.6 Å². The molecule has 2 aromatic rings. The fraction of sp³-hybridized carbons (Fsp3) is 0.400. The molecule has 1 saturated heterocycles. The Kier molecular flexibility index (Phi) is 3.22. The average molecular weight is 274 g/mol. The van der Waals surface area contributed by atoms with Crippen molar-refractivity contribution >= 4 is 22.3 Å². The number of hydrogen-bond acceptors (Lipinski definition) is 4. The highest BCUT2D eigenvalue weighted by Crippen LogP contribution is 2.34. The third-order valence-corrected chi connectivity index (χ3v) is 3.97. The van der Waals surface area contributed by atoms with Crippen LogP contribution in [0.4, 0.5) is 15.8 Å². The van der Waals surface area contributed by atoms with Crippen LogP contribution in [0.5, 0.6) is 0 Å². The summed E-state index contributed by atoms with van der Waals surface area (Å²) in [6.07, 6.45) is 1.69. The summed E-state index contributed by atoms with van der Waals surface area (Å²) in [4.78, 5) is 8.71. The summed E-state index contributed by atoms with van der Waals surface area (Å²) in [7, 11) is 2.09. The number of fused-ring (bicyclic) bond motifs is 1. The summed E-state index contributed by atoms with van der Waals surface area (Å²) in [5, 5.41) is 0.815. The monoisotopic (exact) mass is 274 g/mol. The van der Waals surface area contributed by atoms with Crippen molar-refractivity contribution in [3.63, 3.8) is 0 Å². The number of pyridine rings is 1. The molecule has 106 valence electrons. The lowest BCUT2D eigenvalue weighted by molar-refractivity contribution is 0.274. The number of nitrogens with two attached hydrogens (primary N) is 1. The van der Waals surface area contributed by atoms with Crippen molar-refractivity contribution in [3.8, 4) is 0 Å². The number of rotatable bonds is 1. The van der Waals surface area contributed by atoms with E-state index in [0.29, 0.717) is 16.9 Å². The number of aromatic nitrogens is 1. The lowest BCUT2D eigenvalue weighted by Gasteiger charge is -2.40. The van der Waals surface area contributed by atoms with Crippen molar-refractivity contribution in [2.45, 2.75) is 13.0 Å². The maximum atomic E-state index is 14.5. The molecule has 1 fully saturated rings. The maximum absolute atomic E-state index is 14.5. The van der Waals surface area contributed by atoms with Gasteiger partial charge in [0.05, 0.1) is 5.52 Å². The minimum atomic E-state index is -0.287. The van der Waals surface area contributed by atoms with E-state index in [9.17, 15) is 4.39 Å². The zero-order chi connectivity index (χ0) is 14.3. The van der Waals surface area contributed by atoms with Crippen LogP contribution in [0.2, 0.25) is 0 Å². The molecule has 2 heterocycles. The lowest BCUT2D eigenvalue weighted by atomic mass is 10.1. The van der Waals surface area contributed by atoms with E-state index in [1.165, 1.54) is 6.07 Å². The Morgan fingerprint density at radius 3 is 2.95 bits per heavy atom. The standard InChI is InChI=1S/C15H19FN4/c1-10-9-19(2)6-7-20(10)15-12(16)8-13(17)11-4-3-5-18-14(11)15/h3-5,8,10H,6-7,9,17H2,1-2H3. The maximum Gasteiger partial charge on any atom is 0.150 e. The number of nitrogen functional groups attached to an aromatic ring is 1. The second kappa shape index (κ2) is 4.90. The van der Waals surface area contributed by atoms with Crippen LogP contribution in [0.1, 0.15) is 6.92 Å². The van der Waals surface area contributed by atoms with Crippen LogP contribution in [0.15, 0.2) is 24.4 Å². The molecule has 0 saturated carbocycles. The Balaban J connectivity index is 2.16. The highest BCUT2D eigenvalue weighted by Gasteiger charge is 2.26. The molecule has 4 nitrogen and oxygen atoms in total. The molecule has 3 rings (SSSR count). The van der Waals surface area contributed by atoms with Crippen molar-refractivity contribution in [1.82, 2.24) is 9.88 Å². The topological polar surface area (TPSA) is 45.4 Å². The Hall–Kier alpha value is -1.88. The second-order valence-electron chi connectivity index (χ2n) is 5.50. The SMILES string of the molecule is CC1CN(C)CCN1c1c(F)cc(N)c2cccnc12. The third-order valence-electron chi connectivity index (χ3n) is 3.97. The van der Waals surface area contributed by atoms with Crippen molar-refractivity contribution < 1.29 is 4.39 Å². The normalized spacial score (nSPS) is 20.6. The van der Waals surface area contributed by atoms with Crippen LogP contribution in [-0.2, 0) is 0 Å². The van der Waals surface area contributed by atoms with Crippen molar-refractivity contribution in [2.24, 2.45) is 0 Å². The number of benzene rings is 1. The first-order valence-corrected chi connectivity index (χ1v) is 6.86. The minimum Gasteiger partial charge on any atom is -0.398 e. The largest absolute Gasteiger partial charge is 0.398 e. The molecular formula is C15H19FN4. The predicted octanol–water partition coefficient (Wildman–Crippen LogP) is 2.10. The van der Waals surface area contributed by atoms with E-state index in [-0.39, 0.29) is 11.9 Å². The van der Waals surface area contributed by atoms with Gasteiger partial charge >= 0.3 is 0 Å². The first kappa shape index (κ1) is 13.1. The summed E-state index contributed by atoms with van der Waals surface area (Å²) in [5.41, 5.74) is 7.58. The van der Waals surface area contributed by atoms with Gasteiger partial charge in [-0.05, 0) is 32.2 Å². The van der Waals surface area contributed by atoms with Gasteiger partial charge in [0.1, 0.15) is 5.69 Å². The molecule has 20 heavy (non-hydrogen) atoms. The number of likely N-dealkylation sites (N-methyl/N-ethyl adjacent to an activating group) is 1. The molecule has 0 amide bonds. The van der Waals surface area contributed by atoms with Crippen LogP contribution in [0, 0.1) is 5.82 Å². The molecular weight excluding hydrogens is 255 g/mol. The van der Waals surface area contributed by atoms with Crippen LogP contribution in [0.25, 0.3) is 10.9 Å². The fourth-order valence-electron chi connectivity index (χ4n) is 2.97. The van der Waals surface area contributed by atoms with Gasteiger partial charge in [0.15, 0.2) is 5.82 Å². The zero-order valence-corrected chi connectivity index (χ0v) is 11.8. The van der Waals surface area contributed by atoms with Gasteiger partial charge in [-0.2, -0.15) is 0 Å². The first-order valence-electron chi connectivity index (χ1n) is 6.86. The average Bonchev–Trinajstić information content (AvgIpc) is 2.41. The van der Waals surface area contributed by atoms with E-state index in [0.717, 1.165) is 25.0 Å². The number of piperazine rings is 1. The van der Waals surface area contributed by atoms with E-state index in [4.69, 9.17) is 5.73 Å². The summed E-state index contributed by atoms with van der Waals surface area (Å²) < 4.78 is 14.5. The Bertz CT molecular complexity index is 643. The van der Waals surface area contributed by atoms with E-state index < -0.39 is 0 Å². The highest BCUT2D eigenvalue weighted by molar-refractivity contribution is 5.99. The quantitative estimate of drug-likeness (QED) is 0.809. The Morgan fingerprint density at radius 2 is 2.20 bits per heavy atom. The summed E-state index contributed by atoms with van der Waals surface area (Å²) >= 11 is 0. The van der Waals surface area contributed by atoms with Gasteiger partial charge < -0.3 is 15.5 Å². The molecule has 5 heteroatoms. The van der Waals surface area contributed by atoms with Gasteiger partial charge in [-0.1, -0.05) is 0 Å². The number of halogens is 1. The Morgan fingerprint density at radius 1 is 1.40 bits per heavy atom. The zero-order valence-electron chi connectivity index (χ0n) is 11.8. The van der Waals surface area contributed by atoms with Gasteiger partial charge in [-0.15, -0.1) is 0 Å². The van der Waals surface area contributed by atoms with Crippen LogP contribution in [-0.4, -0.2) is 42.6 Å². The highest BCUT2D eigenvalue weighted by atomic mass is 19.1. The van der Waals surface area contributed by atoms with Crippen LogP contribution in [0.3, 0.4) is 0 Å². The summed E-state index contributed by atoms with van der Waals surface area (Å²) in [6, 6.07) is 5.37. The number of hydrogen-bond donors (Lipinski definition) is 1.